The Morgan fingerprint density at radius 2 is 1.52 bits per heavy atom. The number of hydrogen-bond acceptors (Lipinski definition) is 5. The molecule has 0 aliphatic rings. The van der Waals surface area contributed by atoms with Crippen LogP contribution in [0.4, 0.5) is 21.5 Å². The van der Waals surface area contributed by atoms with E-state index in [-0.39, 0.29) is 39.0 Å². The molecule has 4 rings (SSSR count). The molecule has 4 aromatic rings. The highest BCUT2D eigenvalue weighted by atomic mass is 35.5. The first kappa shape index (κ1) is 29.3. The number of benzene rings is 4. The number of sulfonamides is 2. The number of amides is 1. The Kier molecular flexibility index (Phi) is 8.69. The van der Waals surface area contributed by atoms with Gasteiger partial charge in [-0.3, -0.25) is 13.8 Å². The van der Waals surface area contributed by atoms with Gasteiger partial charge in [0.1, 0.15) is 5.82 Å². The Bertz CT molecular complexity index is 1770. The first-order chi connectivity index (χ1) is 18.8. The molecule has 40 heavy (non-hydrogen) atoms. The molecule has 208 valence electrons. The summed E-state index contributed by atoms with van der Waals surface area (Å²) < 4.78 is 67.8. The average molecular weight is 623 g/mol. The molecule has 0 atom stereocenters. The van der Waals surface area contributed by atoms with Gasteiger partial charge in [0, 0.05) is 21.8 Å². The predicted molar refractivity (Wildman–Crippen MR) is 156 cm³/mol. The van der Waals surface area contributed by atoms with Crippen LogP contribution in [0.5, 0.6) is 0 Å². The Morgan fingerprint density at radius 3 is 2.12 bits per heavy atom. The summed E-state index contributed by atoms with van der Waals surface area (Å²) in [5, 5.41) is 3.15. The minimum Gasteiger partial charge on any atom is -0.322 e. The van der Waals surface area contributed by atoms with Crippen molar-refractivity contribution in [1.29, 1.82) is 0 Å². The van der Waals surface area contributed by atoms with Crippen molar-refractivity contribution in [3.63, 3.8) is 0 Å². The number of rotatable bonds is 9. The highest BCUT2D eigenvalue weighted by Gasteiger charge is 2.20. The van der Waals surface area contributed by atoms with Crippen LogP contribution in [0.2, 0.25) is 10.0 Å². The lowest BCUT2D eigenvalue weighted by Crippen LogP contribution is -2.29. The maximum atomic E-state index is 14.1. The molecule has 0 fully saturated rings. The zero-order chi connectivity index (χ0) is 29.1. The van der Waals surface area contributed by atoms with Gasteiger partial charge in [0.05, 0.1) is 34.1 Å². The normalized spacial score (nSPS) is 11.6. The molecular weight excluding hydrogens is 600 g/mol. The molecule has 1 amide bonds. The monoisotopic (exact) mass is 621 g/mol. The van der Waals surface area contributed by atoms with E-state index in [4.69, 9.17) is 23.2 Å². The molecule has 0 saturated carbocycles. The second kappa shape index (κ2) is 11.8. The highest BCUT2D eigenvalue weighted by Crippen LogP contribution is 2.28. The van der Waals surface area contributed by atoms with Crippen molar-refractivity contribution in [2.75, 3.05) is 20.6 Å². The van der Waals surface area contributed by atoms with E-state index in [9.17, 15) is 26.0 Å². The van der Waals surface area contributed by atoms with E-state index in [1.54, 1.807) is 6.07 Å². The third kappa shape index (κ3) is 7.11. The maximum Gasteiger partial charge on any atom is 0.261 e. The van der Waals surface area contributed by atoms with Crippen molar-refractivity contribution < 1.29 is 26.0 Å². The smallest absolute Gasteiger partial charge is 0.261 e. The van der Waals surface area contributed by atoms with Gasteiger partial charge in [0.15, 0.2) is 0 Å². The number of nitrogens with one attached hydrogen (secondary N) is 2. The molecule has 0 heterocycles. The van der Waals surface area contributed by atoms with Crippen molar-refractivity contribution >= 4 is 66.2 Å². The number of carbonyl (C=O) groups excluding carboxylic acids is 1. The van der Waals surface area contributed by atoms with Crippen LogP contribution in [-0.2, 0) is 26.6 Å². The standard InChI is InChI=1S/C27H22Cl2FN3O5S2/c1-39(35,36)33(17-19-4-2-3-5-25(19)30)22-11-6-18(7-12-22)27(34)31-21-9-13-23(14-10-21)40(37,38)32-26-15-8-20(28)16-24(26)29/h2-16,32H,17H2,1H3,(H,31,34). The number of nitrogens with zero attached hydrogens (tertiary/aromatic N) is 1. The van der Waals surface area contributed by atoms with Gasteiger partial charge >= 0.3 is 0 Å². The van der Waals surface area contributed by atoms with Crippen LogP contribution in [-0.4, -0.2) is 29.0 Å². The lowest BCUT2D eigenvalue weighted by molar-refractivity contribution is 0.102. The second-order valence-corrected chi connectivity index (χ2v) is 13.0. The van der Waals surface area contributed by atoms with E-state index in [0.29, 0.717) is 10.7 Å². The largest absolute Gasteiger partial charge is 0.322 e. The van der Waals surface area contributed by atoms with Gasteiger partial charge in [-0.15, -0.1) is 0 Å². The zero-order valence-electron chi connectivity index (χ0n) is 20.8. The molecule has 13 heteroatoms. The molecule has 0 spiro atoms. The first-order valence-electron chi connectivity index (χ1n) is 11.5. The van der Waals surface area contributed by atoms with Crippen molar-refractivity contribution in [3.8, 4) is 0 Å². The van der Waals surface area contributed by atoms with Crippen LogP contribution in [0.3, 0.4) is 0 Å². The molecule has 0 aromatic heterocycles. The summed E-state index contributed by atoms with van der Waals surface area (Å²) in [6, 6.07) is 21.4. The molecule has 0 aliphatic heterocycles. The molecule has 8 nitrogen and oxygen atoms in total. The molecule has 0 aliphatic carbocycles. The summed E-state index contributed by atoms with van der Waals surface area (Å²) in [7, 11) is -7.72. The SMILES string of the molecule is CS(=O)(=O)N(Cc1ccccc1F)c1ccc(C(=O)Nc2ccc(S(=O)(=O)Nc3ccc(Cl)cc3Cl)cc2)cc1. The van der Waals surface area contributed by atoms with Crippen LogP contribution in [0.15, 0.2) is 95.9 Å². The third-order valence-electron chi connectivity index (χ3n) is 5.69. The lowest BCUT2D eigenvalue weighted by Gasteiger charge is -2.23. The number of anilines is 3. The van der Waals surface area contributed by atoms with E-state index in [2.05, 4.69) is 10.0 Å². The van der Waals surface area contributed by atoms with Crippen molar-refractivity contribution in [3.05, 3.63) is 118 Å². The molecule has 0 radical (unpaired) electrons. The molecule has 2 N–H and O–H groups in total. The predicted octanol–water partition coefficient (Wildman–Crippen LogP) is 6.15. The topological polar surface area (TPSA) is 113 Å². The fourth-order valence-corrected chi connectivity index (χ4v) is 6.13. The van der Waals surface area contributed by atoms with E-state index in [1.165, 1.54) is 84.9 Å². The van der Waals surface area contributed by atoms with Crippen LogP contribution >= 0.6 is 23.2 Å². The Balaban J connectivity index is 1.46. The van der Waals surface area contributed by atoms with E-state index in [1.807, 2.05) is 0 Å². The molecule has 0 saturated heterocycles. The molecule has 0 unspecified atom stereocenters. The maximum absolute atomic E-state index is 14.1. The van der Waals surface area contributed by atoms with E-state index >= 15 is 0 Å². The van der Waals surface area contributed by atoms with E-state index in [0.717, 1.165) is 10.6 Å². The van der Waals surface area contributed by atoms with Crippen molar-refractivity contribution in [2.45, 2.75) is 11.4 Å². The summed E-state index contributed by atoms with van der Waals surface area (Å²) in [6.07, 6.45) is 1.01. The Labute approximate surface area is 241 Å². The van der Waals surface area contributed by atoms with Gasteiger partial charge in [0.25, 0.3) is 15.9 Å². The van der Waals surface area contributed by atoms with Gasteiger partial charge in [-0.2, -0.15) is 0 Å². The summed E-state index contributed by atoms with van der Waals surface area (Å²) >= 11 is 11.9. The van der Waals surface area contributed by atoms with Crippen LogP contribution in [0, 0.1) is 5.82 Å². The Hall–Kier alpha value is -3.64. The van der Waals surface area contributed by atoms with Crippen LogP contribution < -0.4 is 14.3 Å². The van der Waals surface area contributed by atoms with Gasteiger partial charge in [-0.1, -0.05) is 41.4 Å². The average Bonchev–Trinajstić information content (AvgIpc) is 2.89. The van der Waals surface area contributed by atoms with Gasteiger partial charge < -0.3 is 5.32 Å². The van der Waals surface area contributed by atoms with Crippen molar-refractivity contribution in [2.24, 2.45) is 0 Å². The number of carbonyl (C=O) groups is 1. The zero-order valence-corrected chi connectivity index (χ0v) is 24.0. The summed E-state index contributed by atoms with van der Waals surface area (Å²) in [6.45, 7) is -0.217. The summed E-state index contributed by atoms with van der Waals surface area (Å²) in [5.74, 6) is -1.04. The molecule has 0 bridgehead atoms. The van der Waals surface area contributed by atoms with Gasteiger partial charge in [-0.05, 0) is 72.8 Å². The molecule has 4 aromatic carbocycles. The second-order valence-electron chi connectivity index (χ2n) is 8.62. The number of halogens is 3. The number of hydrogen-bond donors (Lipinski definition) is 2. The highest BCUT2D eigenvalue weighted by molar-refractivity contribution is 7.92. The van der Waals surface area contributed by atoms with Crippen molar-refractivity contribution in [1.82, 2.24) is 0 Å². The third-order valence-corrected chi connectivity index (χ3v) is 8.76. The van der Waals surface area contributed by atoms with Gasteiger partial charge in [-0.25, -0.2) is 21.2 Å². The van der Waals surface area contributed by atoms with Crippen LogP contribution in [0.25, 0.3) is 0 Å². The Morgan fingerprint density at radius 1 is 0.875 bits per heavy atom. The van der Waals surface area contributed by atoms with Crippen LogP contribution in [0.1, 0.15) is 15.9 Å². The summed E-state index contributed by atoms with van der Waals surface area (Å²) in [5.41, 5.74) is 1.17. The fourth-order valence-electron chi connectivity index (χ4n) is 3.66. The minimum atomic E-state index is -3.96. The first-order valence-corrected chi connectivity index (χ1v) is 15.6. The lowest BCUT2D eigenvalue weighted by atomic mass is 10.1. The molecular formula is C27H22Cl2FN3O5S2. The van der Waals surface area contributed by atoms with E-state index < -0.39 is 31.8 Å². The summed E-state index contributed by atoms with van der Waals surface area (Å²) in [4.78, 5) is 12.7. The van der Waals surface area contributed by atoms with Gasteiger partial charge in [0.2, 0.25) is 10.0 Å². The quantitative estimate of drug-likeness (QED) is 0.233. The fraction of sp³-hybridized carbons (Fsp3) is 0.0741. The minimum absolute atomic E-state index is 0.0587.